The third kappa shape index (κ3) is 3.44. The Morgan fingerprint density at radius 1 is 1.17 bits per heavy atom. The molecule has 6 nitrogen and oxygen atoms in total. The molecule has 0 atom stereocenters. The fraction of sp³-hybridized carbons (Fsp3) is 0.375. The fourth-order valence-electron chi connectivity index (χ4n) is 2.52. The molecule has 2 amide bonds. The van der Waals surface area contributed by atoms with E-state index >= 15 is 0 Å². The number of benzene rings is 1. The van der Waals surface area contributed by atoms with Crippen molar-refractivity contribution in [3.05, 3.63) is 24.3 Å². The third-order valence-corrected chi connectivity index (χ3v) is 4.46. The van der Waals surface area contributed by atoms with Crippen LogP contribution in [0.1, 0.15) is 19.8 Å². The van der Waals surface area contributed by atoms with Crippen molar-refractivity contribution in [3.8, 4) is 0 Å². The van der Waals surface area contributed by atoms with E-state index in [2.05, 4.69) is 15.3 Å². The first-order valence-electron chi connectivity index (χ1n) is 7.65. The molecule has 0 saturated carbocycles. The highest BCUT2D eigenvalue weighted by Gasteiger charge is 2.28. The number of carbonyl (C=O) groups excluding carboxylic acids is 2. The number of rotatable bonds is 6. The zero-order valence-corrected chi connectivity index (χ0v) is 13.7. The number of imide groups is 1. The molecule has 1 aromatic carbocycles. The lowest BCUT2D eigenvalue weighted by molar-refractivity contribution is -0.137. The molecule has 1 N–H and O–H groups in total. The number of hydrogen-bond acceptors (Lipinski definition) is 6. The van der Waals surface area contributed by atoms with E-state index in [1.165, 1.54) is 16.7 Å². The van der Waals surface area contributed by atoms with Gasteiger partial charge < -0.3 is 5.32 Å². The van der Waals surface area contributed by atoms with Crippen LogP contribution in [0, 0.1) is 0 Å². The van der Waals surface area contributed by atoms with Gasteiger partial charge in [-0.3, -0.25) is 14.5 Å². The monoisotopic (exact) mass is 330 g/mol. The number of anilines is 1. The summed E-state index contributed by atoms with van der Waals surface area (Å²) in [5.74, 6) is 1.25. The van der Waals surface area contributed by atoms with E-state index in [0.29, 0.717) is 30.3 Å². The van der Waals surface area contributed by atoms with Crippen LogP contribution in [0.3, 0.4) is 0 Å². The van der Waals surface area contributed by atoms with E-state index in [4.69, 9.17) is 0 Å². The van der Waals surface area contributed by atoms with E-state index in [1.807, 2.05) is 31.2 Å². The molecule has 2 aromatic rings. The van der Waals surface area contributed by atoms with Crippen molar-refractivity contribution < 1.29 is 9.59 Å². The summed E-state index contributed by atoms with van der Waals surface area (Å²) in [5.41, 5.74) is 0.884. The molecule has 0 aliphatic carbocycles. The highest BCUT2D eigenvalue weighted by molar-refractivity contribution is 7.99. The van der Waals surface area contributed by atoms with Crippen LogP contribution in [0.2, 0.25) is 0 Å². The molecule has 1 aliphatic rings. The summed E-state index contributed by atoms with van der Waals surface area (Å²) in [4.78, 5) is 33.6. The SMILES string of the molecule is CCNc1nc(SCCN2C(=O)CCC2=O)nc2ccccc12. The molecule has 0 radical (unpaired) electrons. The van der Waals surface area contributed by atoms with Crippen LogP contribution in [-0.2, 0) is 9.59 Å². The number of nitrogens with one attached hydrogen (secondary N) is 1. The molecule has 7 heteroatoms. The van der Waals surface area contributed by atoms with Gasteiger partial charge in [-0.1, -0.05) is 23.9 Å². The molecule has 0 spiro atoms. The number of aromatic nitrogens is 2. The van der Waals surface area contributed by atoms with Gasteiger partial charge >= 0.3 is 0 Å². The van der Waals surface area contributed by atoms with E-state index in [1.54, 1.807) is 0 Å². The maximum absolute atomic E-state index is 11.6. The smallest absolute Gasteiger partial charge is 0.229 e. The molecule has 0 bridgehead atoms. The van der Waals surface area contributed by atoms with E-state index in [0.717, 1.165) is 23.3 Å². The first-order chi connectivity index (χ1) is 11.2. The summed E-state index contributed by atoms with van der Waals surface area (Å²) in [6.45, 7) is 3.21. The second kappa shape index (κ2) is 6.95. The van der Waals surface area contributed by atoms with Crippen LogP contribution in [0.15, 0.2) is 29.4 Å². The Balaban J connectivity index is 1.72. The van der Waals surface area contributed by atoms with Crippen molar-refractivity contribution in [3.63, 3.8) is 0 Å². The number of carbonyl (C=O) groups is 2. The van der Waals surface area contributed by atoms with Gasteiger partial charge in [-0.25, -0.2) is 9.97 Å². The van der Waals surface area contributed by atoms with Gasteiger partial charge in [-0.05, 0) is 19.1 Å². The summed E-state index contributed by atoms with van der Waals surface area (Å²) in [6.07, 6.45) is 0.668. The first-order valence-corrected chi connectivity index (χ1v) is 8.64. The molecule has 3 rings (SSSR count). The summed E-state index contributed by atoms with van der Waals surface area (Å²) >= 11 is 1.46. The van der Waals surface area contributed by atoms with Gasteiger partial charge in [-0.2, -0.15) is 0 Å². The van der Waals surface area contributed by atoms with E-state index in [-0.39, 0.29) is 11.8 Å². The standard InChI is InChI=1S/C16H18N4O2S/c1-2-17-15-11-5-3-4-6-12(11)18-16(19-15)23-10-9-20-13(21)7-8-14(20)22/h3-6H,2,7-10H2,1H3,(H,17,18,19). The van der Waals surface area contributed by atoms with Crippen molar-refractivity contribution in [1.82, 2.24) is 14.9 Å². The Morgan fingerprint density at radius 2 is 1.91 bits per heavy atom. The average Bonchev–Trinajstić information content (AvgIpc) is 2.87. The average molecular weight is 330 g/mol. The Kier molecular flexibility index (Phi) is 4.76. The van der Waals surface area contributed by atoms with Crippen LogP contribution in [0.5, 0.6) is 0 Å². The second-order valence-corrected chi connectivity index (χ2v) is 6.25. The highest BCUT2D eigenvalue weighted by Crippen LogP contribution is 2.24. The van der Waals surface area contributed by atoms with Crippen molar-refractivity contribution in [2.24, 2.45) is 0 Å². The van der Waals surface area contributed by atoms with Crippen LogP contribution in [0.25, 0.3) is 10.9 Å². The molecule has 23 heavy (non-hydrogen) atoms. The molecule has 1 fully saturated rings. The zero-order valence-electron chi connectivity index (χ0n) is 12.9. The molecule has 1 aromatic heterocycles. The van der Waals surface area contributed by atoms with Gasteiger partial charge in [0.2, 0.25) is 11.8 Å². The second-order valence-electron chi connectivity index (χ2n) is 5.19. The molecule has 1 saturated heterocycles. The van der Waals surface area contributed by atoms with Gasteiger partial charge in [0.25, 0.3) is 0 Å². The van der Waals surface area contributed by atoms with Gasteiger partial charge in [0.1, 0.15) is 5.82 Å². The minimum Gasteiger partial charge on any atom is -0.370 e. The van der Waals surface area contributed by atoms with Crippen LogP contribution < -0.4 is 5.32 Å². The molecule has 0 unspecified atom stereocenters. The first kappa shape index (κ1) is 15.7. The molecular formula is C16H18N4O2S. The normalized spacial score (nSPS) is 14.7. The Labute approximate surface area is 138 Å². The number of nitrogens with zero attached hydrogens (tertiary/aromatic N) is 3. The maximum Gasteiger partial charge on any atom is 0.229 e. The van der Waals surface area contributed by atoms with E-state index in [9.17, 15) is 9.59 Å². The number of hydrogen-bond donors (Lipinski definition) is 1. The predicted molar refractivity (Wildman–Crippen MR) is 90.4 cm³/mol. The largest absolute Gasteiger partial charge is 0.370 e. The molecule has 1 aliphatic heterocycles. The fourth-order valence-corrected chi connectivity index (χ4v) is 3.30. The minimum atomic E-state index is -0.0802. The van der Waals surface area contributed by atoms with Gasteiger partial charge in [0.15, 0.2) is 5.16 Å². The number of amides is 2. The van der Waals surface area contributed by atoms with E-state index < -0.39 is 0 Å². The van der Waals surface area contributed by atoms with Crippen LogP contribution in [-0.4, -0.2) is 45.5 Å². The maximum atomic E-state index is 11.6. The Morgan fingerprint density at radius 3 is 2.65 bits per heavy atom. The third-order valence-electron chi connectivity index (χ3n) is 3.63. The lowest BCUT2D eigenvalue weighted by Crippen LogP contribution is -2.31. The summed E-state index contributed by atoms with van der Waals surface area (Å²) in [5, 5.41) is 4.89. The highest BCUT2D eigenvalue weighted by atomic mass is 32.2. The van der Waals surface area contributed by atoms with Crippen molar-refractivity contribution in [2.45, 2.75) is 24.9 Å². The van der Waals surface area contributed by atoms with Crippen LogP contribution >= 0.6 is 11.8 Å². The number of likely N-dealkylation sites (tertiary alicyclic amines) is 1. The lowest BCUT2D eigenvalue weighted by Gasteiger charge is -2.13. The number of para-hydroxylation sites is 1. The topological polar surface area (TPSA) is 75.2 Å². The number of fused-ring (bicyclic) bond motifs is 1. The molecular weight excluding hydrogens is 312 g/mol. The Hall–Kier alpha value is -2.15. The summed E-state index contributed by atoms with van der Waals surface area (Å²) < 4.78 is 0. The van der Waals surface area contributed by atoms with Crippen molar-refractivity contribution in [2.75, 3.05) is 24.2 Å². The summed E-state index contributed by atoms with van der Waals surface area (Å²) in [6, 6.07) is 7.85. The van der Waals surface area contributed by atoms with Gasteiger partial charge in [-0.15, -0.1) is 0 Å². The minimum absolute atomic E-state index is 0.0802. The molecule has 2 heterocycles. The van der Waals surface area contributed by atoms with Crippen molar-refractivity contribution >= 4 is 40.3 Å². The van der Waals surface area contributed by atoms with Gasteiger partial charge in [0.05, 0.1) is 5.52 Å². The number of thioether (sulfide) groups is 1. The van der Waals surface area contributed by atoms with Crippen LogP contribution in [0.4, 0.5) is 5.82 Å². The predicted octanol–water partition coefficient (Wildman–Crippen LogP) is 2.30. The summed E-state index contributed by atoms with van der Waals surface area (Å²) in [7, 11) is 0. The van der Waals surface area contributed by atoms with Crippen molar-refractivity contribution in [1.29, 1.82) is 0 Å². The zero-order chi connectivity index (χ0) is 16.2. The molecule has 120 valence electrons. The van der Waals surface area contributed by atoms with Gasteiger partial charge in [0, 0.05) is 37.1 Å². The quantitative estimate of drug-likeness (QED) is 0.498. The Bertz CT molecular complexity index is 734. The lowest BCUT2D eigenvalue weighted by atomic mass is 10.2.